The van der Waals surface area contributed by atoms with Crippen LogP contribution in [0.25, 0.3) is 11.5 Å². The Balaban J connectivity index is 1.87. The van der Waals surface area contributed by atoms with Crippen molar-refractivity contribution in [3.63, 3.8) is 0 Å². The third kappa shape index (κ3) is 2.30. The van der Waals surface area contributed by atoms with Crippen molar-refractivity contribution in [2.75, 3.05) is 6.61 Å². The van der Waals surface area contributed by atoms with E-state index in [1.165, 1.54) is 0 Å². The Morgan fingerprint density at radius 2 is 2.05 bits per heavy atom. The van der Waals surface area contributed by atoms with E-state index >= 15 is 0 Å². The Morgan fingerprint density at radius 1 is 1.25 bits per heavy atom. The quantitative estimate of drug-likeness (QED) is 0.837. The highest BCUT2D eigenvalue weighted by molar-refractivity contribution is 5.54. The zero-order chi connectivity index (χ0) is 14.0. The molecule has 0 bridgehead atoms. The summed E-state index contributed by atoms with van der Waals surface area (Å²) in [6.45, 7) is 2.73. The highest BCUT2D eigenvalue weighted by Crippen LogP contribution is 2.33. The SMILES string of the molecule is CC1(c2noc(-c3ccc(C#N)cc3)n2)CCCCO1. The van der Waals surface area contributed by atoms with Gasteiger partial charge in [0, 0.05) is 12.2 Å². The number of hydrogen-bond acceptors (Lipinski definition) is 5. The molecule has 1 atom stereocenters. The van der Waals surface area contributed by atoms with Crippen LogP contribution in [0.2, 0.25) is 0 Å². The molecule has 0 amide bonds. The van der Waals surface area contributed by atoms with Gasteiger partial charge in [-0.25, -0.2) is 0 Å². The predicted molar refractivity (Wildman–Crippen MR) is 71.6 cm³/mol. The maximum absolute atomic E-state index is 8.79. The molecular weight excluding hydrogens is 254 g/mol. The zero-order valence-electron chi connectivity index (χ0n) is 11.3. The van der Waals surface area contributed by atoms with Gasteiger partial charge in [0.1, 0.15) is 5.60 Å². The minimum atomic E-state index is -0.452. The van der Waals surface area contributed by atoms with Crippen LogP contribution in [-0.2, 0) is 10.3 Å². The number of rotatable bonds is 2. The average Bonchev–Trinajstić information content (AvgIpc) is 2.99. The molecule has 20 heavy (non-hydrogen) atoms. The fourth-order valence-corrected chi connectivity index (χ4v) is 2.35. The standard InChI is InChI=1S/C15H15N3O2/c1-15(8-2-3-9-19-15)14-17-13(20-18-14)12-6-4-11(10-16)5-7-12/h4-7H,2-3,8-9H2,1H3. The highest BCUT2D eigenvalue weighted by Gasteiger charge is 2.35. The molecule has 1 saturated heterocycles. The van der Waals surface area contributed by atoms with E-state index in [2.05, 4.69) is 16.2 Å². The zero-order valence-corrected chi connectivity index (χ0v) is 11.3. The first kappa shape index (κ1) is 12.8. The fraction of sp³-hybridized carbons (Fsp3) is 0.400. The second-order valence-electron chi connectivity index (χ2n) is 5.15. The van der Waals surface area contributed by atoms with Gasteiger partial charge in [0.05, 0.1) is 11.6 Å². The monoisotopic (exact) mass is 269 g/mol. The van der Waals surface area contributed by atoms with E-state index in [9.17, 15) is 0 Å². The largest absolute Gasteiger partial charge is 0.367 e. The van der Waals surface area contributed by atoms with E-state index in [-0.39, 0.29) is 0 Å². The molecule has 1 unspecified atom stereocenters. The summed E-state index contributed by atoms with van der Waals surface area (Å²) >= 11 is 0. The van der Waals surface area contributed by atoms with Gasteiger partial charge in [0.25, 0.3) is 5.89 Å². The van der Waals surface area contributed by atoms with Gasteiger partial charge in [-0.15, -0.1) is 0 Å². The first-order valence-corrected chi connectivity index (χ1v) is 6.70. The van der Waals surface area contributed by atoms with Crippen molar-refractivity contribution >= 4 is 0 Å². The van der Waals surface area contributed by atoms with Crippen LogP contribution >= 0.6 is 0 Å². The number of hydrogen-bond donors (Lipinski definition) is 0. The Hall–Kier alpha value is -2.19. The van der Waals surface area contributed by atoms with E-state index in [1.54, 1.807) is 24.3 Å². The van der Waals surface area contributed by atoms with Crippen molar-refractivity contribution in [2.24, 2.45) is 0 Å². The lowest BCUT2D eigenvalue weighted by Crippen LogP contribution is -2.31. The van der Waals surface area contributed by atoms with Crippen molar-refractivity contribution in [3.8, 4) is 17.5 Å². The van der Waals surface area contributed by atoms with E-state index in [4.69, 9.17) is 14.5 Å². The van der Waals surface area contributed by atoms with Crippen LogP contribution in [0.3, 0.4) is 0 Å². The van der Waals surface area contributed by atoms with Crippen LogP contribution in [0, 0.1) is 11.3 Å². The highest BCUT2D eigenvalue weighted by atomic mass is 16.5. The van der Waals surface area contributed by atoms with Crippen molar-refractivity contribution in [1.29, 1.82) is 5.26 Å². The van der Waals surface area contributed by atoms with E-state index < -0.39 is 5.60 Å². The molecule has 0 spiro atoms. The van der Waals surface area contributed by atoms with Gasteiger partial charge < -0.3 is 9.26 Å². The summed E-state index contributed by atoms with van der Waals surface area (Å²) in [5.74, 6) is 1.05. The molecule has 1 aromatic heterocycles. The second-order valence-corrected chi connectivity index (χ2v) is 5.15. The fourth-order valence-electron chi connectivity index (χ4n) is 2.35. The molecule has 1 fully saturated rings. The Bertz CT molecular complexity index is 634. The first-order valence-electron chi connectivity index (χ1n) is 6.70. The molecule has 0 N–H and O–H groups in total. The van der Waals surface area contributed by atoms with Crippen molar-refractivity contribution in [2.45, 2.75) is 31.8 Å². The smallest absolute Gasteiger partial charge is 0.258 e. The second kappa shape index (κ2) is 5.06. The normalized spacial score (nSPS) is 22.4. The topological polar surface area (TPSA) is 71.9 Å². The van der Waals surface area contributed by atoms with Gasteiger partial charge in [-0.05, 0) is 50.5 Å². The Morgan fingerprint density at radius 3 is 2.70 bits per heavy atom. The molecule has 1 aliphatic rings. The van der Waals surface area contributed by atoms with Gasteiger partial charge in [0.15, 0.2) is 0 Å². The third-order valence-electron chi connectivity index (χ3n) is 3.63. The number of nitriles is 1. The lowest BCUT2D eigenvalue weighted by molar-refractivity contribution is -0.0770. The van der Waals surface area contributed by atoms with E-state index in [0.29, 0.717) is 17.3 Å². The van der Waals surface area contributed by atoms with Crippen LogP contribution in [-0.4, -0.2) is 16.7 Å². The van der Waals surface area contributed by atoms with E-state index in [0.717, 1.165) is 31.4 Å². The number of aromatic nitrogens is 2. The minimum Gasteiger partial charge on any atom is -0.367 e. The summed E-state index contributed by atoms with van der Waals surface area (Å²) in [5.41, 5.74) is 0.963. The average molecular weight is 269 g/mol. The summed E-state index contributed by atoms with van der Waals surface area (Å²) in [5, 5.41) is 12.8. The van der Waals surface area contributed by atoms with Crippen LogP contribution in [0.15, 0.2) is 28.8 Å². The maximum Gasteiger partial charge on any atom is 0.258 e. The van der Waals surface area contributed by atoms with Gasteiger partial charge in [-0.1, -0.05) is 5.16 Å². The summed E-state index contributed by atoms with van der Waals surface area (Å²) in [4.78, 5) is 4.45. The maximum atomic E-state index is 8.79. The molecular formula is C15H15N3O2. The Labute approximate surface area is 117 Å². The molecule has 5 heteroatoms. The van der Waals surface area contributed by atoms with Gasteiger partial charge in [-0.3, -0.25) is 0 Å². The molecule has 1 aliphatic heterocycles. The van der Waals surface area contributed by atoms with Gasteiger partial charge in [0.2, 0.25) is 5.82 Å². The third-order valence-corrected chi connectivity index (χ3v) is 3.63. The molecule has 1 aromatic carbocycles. The summed E-state index contributed by atoms with van der Waals surface area (Å²) in [6, 6.07) is 9.16. The van der Waals surface area contributed by atoms with Crippen LogP contribution in [0.5, 0.6) is 0 Å². The molecule has 5 nitrogen and oxygen atoms in total. The molecule has 0 saturated carbocycles. The Kier molecular flexibility index (Phi) is 3.25. The van der Waals surface area contributed by atoms with Gasteiger partial charge >= 0.3 is 0 Å². The van der Waals surface area contributed by atoms with Gasteiger partial charge in [-0.2, -0.15) is 10.2 Å². The predicted octanol–water partition coefficient (Wildman–Crippen LogP) is 3.02. The summed E-state index contributed by atoms with van der Waals surface area (Å²) < 4.78 is 11.1. The first-order chi connectivity index (χ1) is 9.71. The van der Waals surface area contributed by atoms with Crippen molar-refractivity contribution in [1.82, 2.24) is 10.1 Å². The lowest BCUT2D eigenvalue weighted by atomic mass is 9.95. The molecule has 2 aromatic rings. The number of benzene rings is 1. The van der Waals surface area contributed by atoms with E-state index in [1.807, 2.05) is 6.92 Å². The summed E-state index contributed by atoms with van der Waals surface area (Å²) in [6.07, 6.45) is 3.09. The lowest BCUT2D eigenvalue weighted by Gasteiger charge is -2.30. The molecule has 2 heterocycles. The summed E-state index contributed by atoms with van der Waals surface area (Å²) in [7, 11) is 0. The number of ether oxygens (including phenoxy) is 1. The van der Waals surface area contributed by atoms with Crippen LogP contribution < -0.4 is 0 Å². The number of nitrogens with zero attached hydrogens (tertiary/aromatic N) is 3. The van der Waals surface area contributed by atoms with Crippen molar-refractivity contribution < 1.29 is 9.26 Å². The van der Waals surface area contributed by atoms with Crippen LogP contribution in [0.1, 0.15) is 37.6 Å². The van der Waals surface area contributed by atoms with Crippen LogP contribution in [0.4, 0.5) is 0 Å². The molecule has 0 radical (unpaired) electrons. The minimum absolute atomic E-state index is 0.452. The molecule has 0 aliphatic carbocycles. The molecule has 102 valence electrons. The van der Waals surface area contributed by atoms with Crippen molar-refractivity contribution in [3.05, 3.63) is 35.7 Å². The molecule has 3 rings (SSSR count).